The molecule has 2 atom stereocenters. The second-order valence-corrected chi connectivity index (χ2v) is 9.48. The van der Waals surface area contributed by atoms with Crippen LogP contribution in [0.15, 0.2) is 0 Å². The lowest BCUT2D eigenvalue weighted by atomic mass is 10.3. The summed E-state index contributed by atoms with van der Waals surface area (Å²) in [5, 5.41) is 0.121. The molecule has 0 amide bonds. The standard InChI is InChI=1S/C10H22Cl2O2Si/c1-8(11)6-13-15(10(3,4)5)14-7-9(2)12/h8-9,15H,6-7H2,1-5H3. The summed E-state index contributed by atoms with van der Waals surface area (Å²) in [6.07, 6.45) is 0. The Morgan fingerprint density at radius 3 is 1.53 bits per heavy atom. The Bertz CT molecular complexity index is 157. The molecular weight excluding hydrogens is 251 g/mol. The molecule has 0 fully saturated rings. The smallest absolute Gasteiger partial charge is 0.327 e. The quantitative estimate of drug-likeness (QED) is 0.546. The Hall–Kier alpha value is 0.717. The molecule has 0 aromatic carbocycles. The first kappa shape index (κ1) is 15.7. The lowest BCUT2D eigenvalue weighted by Gasteiger charge is -2.29. The zero-order valence-corrected chi connectivity index (χ0v) is 12.9. The third-order valence-corrected chi connectivity index (χ3v) is 4.32. The minimum absolute atomic E-state index is 0.0272. The molecule has 0 bridgehead atoms. The fraction of sp³-hybridized carbons (Fsp3) is 1.00. The fourth-order valence-corrected chi connectivity index (χ4v) is 3.40. The van der Waals surface area contributed by atoms with E-state index >= 15 is 0 Å². The zero-order chi connectivity index (χ0) is 12.1. The van der Waals surface area contributed by atoms with Gasteiger partial charge in [0.1, 0.15) is 0 Å². The van der Waals surface area contributed by atoms with Crippen molar-refractivity contribution >= 4 is 32.5 Å². The Labute approximate surface area is 105 Å². The molecule has 0 aliphatic heterocycles. The molecular formula is C10H22Cl2O2Si. The number of rotatable bonds is 6. The summed E-state index contributed by atoms with van der Waals surface area (Å²) < 4.78 is 11.5. The molecule has 5 heteroatoms. The predicted molar refractivity (Wildman–Crippen MR) is 69.4 cm³/mol. The maximum absolute atomic E-state index is 5.85. The summed E-state index contributed by atoms with van der Waals surface area (Å²) >= 11 is 11.7. The van der Waals surface area contributed by atoms with Gasteiger partial charge in [0.15, 0.2) is 0 Å². The summed E-state index contributed by atoms with van der Waals surface area (Å²) in [6.45, 7) is 11.3. The number of alkyl halides is 2. The maximum atomic E-state index is 5.85. The van der Waals surface area contributed by atoms with E-state index in [2.05, 4.69) is 20.8 Å². The van der Waals surface area contributed by atoms with Crippen molar-refractivity contribution in [3.05, 3.63) is 0 Å². The monoisotopic (exact) mass is 272 g/mol. The third-order valence-electron chi connectivity index (χ3n) is 1.66. The van der Waals surface area contributed by atoms with E-state index in [9.17, 15) is 0 Å². The van der Waals surface area contributed by atoms with Gasteiger partial charge in [-0.15, -0.1) is 23.2 Å². The van der Waals surface area contributed by atoms with E-state index in [-0.39, 0.29) is 15.8 Å². The highest BCUT2D eigenvalue weighted by Crippen LogP contribution is 2.28. The first-order chi connectivity index (χ1) is 6.73. The van der Waals surface area contributed by atoms with Crippen molar-refractivity contribution in [1.29, 1.82) is 0 Å². The molecule has 0 aliphatic carbocycles. The molecule has 0 saturated heterocycles. The average molecular weight is 273 g/mol. The number of halogens is 2. The van der Waals surface area contributed by atoms with Gasteiger partial charge in [-0.2, -0.15) is 0 Å². The topological polar surface area (TPSA) is 18.5 Å². The Morgan fingerprint density at radius 1 is 1.00 bits per heavy atom. The van der Waals surface area contributed by atoms with Gasteiger partial charge in [-0.3, -0.25) is 0 Å². The van der Waals surface area contributed by atoms with E-state index in [0.29, 0.717) is 13.2 Å². The second kappa shape index (κ2) is 7.12. The van der Waals surface area contributed by atoms with Crippen molar-refractivity contribution in [2.24, 2.45) is 0 Å². The summed E-state index contributed by atoms with van der Waals surface area (Å²) in [4.78, 5) is 0. The molecule has 0 radical (unpaired) electrons. The number of hydrogen-bond acceptors (Lipinski definition) is 2. The van der Waals surface area contributed by atoms with Crippen LogP contribution in [0.25, 0.3) is 0 Å². The van der Waals surface area contributed by atoms with Crippen LogP contribution in [0.3, 0.4) is 0 Å². The van der Waals surface area contributed by atoms with Gasteiger partial charge in [-0.05, 0) is 13.8 Å². The Kier molecular flexibility index (Phi) is 7.46. The third kappa shape index (κ3) is 8.52. The molecule has 0 aromatic heterocycles. The van der Waals surface area contributed by atoms with E-state index in [1.165, 1.54) is 0 Å². The van der Waals surface area contributed by atoms with Crippen LogP contribution in [-0.4, -0.2) is 33.3 Å². The largest absolute Gasteiger partial charge is 0.395 e. The van der Waals surface area contributed by atoms with Crippen LogP contribution in [0, 0.1) is 0 Å². The minimum atomic E-state index is -1.70. The first-order valence-electron chi connectivity index (χ1n) is 5.25. The van der Waals surface area contributed by atoms with E-state index < -0.39 is 9.28 Å². The van der Waals surface area contributed by atoms with Crippen molar-refractivity contribution in [1.82, 2.24) is 0 Å². The normalized spacial score (nSPS) is 18.6. The zero-order valence-electron chi connectivity index (χ0n) is 10.2. The summed E-state index contributed by atoms with van der Waals surface area (Å²) in [6, 6.07) is 0. The van der Waals surface area contributed by atoms with Gasteiger partial charge in [-0.1, -0.05) is 20.8 Å². The highest BCUT2D eigenvalue weighted by atomic mass is 35.5. The van der Waals surface area contributed by atoms with E-state index in [4.69, 9.17) is 32.1 Å². The maximum Gasteiger partial charge on any atom is 0.327 e. The molecule has 2 nitrogen and oxygen atoms in total. The molecule has 0 rings (SSSR count). The highest BCUT2D eigenvalue weighted by molar-refractivity contribution is 6.48. The predicted octanol–water partition coefficient (Wildman–Crippen LogP) is 3.29. The number of hydrogen-bond donors (Lipinski definition) is 0. The molecule has 0 aliphatic rings. The van der Waals surface area contributed by atoms with Crippen LogP contribution < -0.4 is 0 Å². The van der Waals surface area contributed by atoms with Crippen LogP contribution >= 0.6 is 23.2 Å². The summed E-state index contributed by atoms with van der Waals surface area (Å²) in [5.41, 5.74) is 0. The molecule has 2 unspecified atom stereocenters. The second-order valence-electron chi connectivity index (χ2n) is 4.93. The summed E-state index contributed by atoms with van der Waals surface area (Å²) in [7, 11) is -1.70. The Morgan fingerprint density at radius 2 is 1.33 bits per heavy atom. The SMILES string of the molecule is CC(Cl)CO[SiH](OCC(C)Cl)C(C)(C)C. The average Bonchev–Trinajstić information content (AvgIpc) is 2.00. The van der Waals surface area contributed by atoms with Gasteiger partial charge in [0.25, 0.3) is 0 Å². The molecule has 0 saturated carbocycles. The van der Waals surface area contributed by atoms with Gasteiger partial charge in [0.2, 0.25) is 0 Å². The van der Waals surface area contributed by atoms with Crippen molar-refractivity contribution in [3.63, 3.8) is 0 Å². The van der Waals surface area contributed by atoms with Crippen LogP contribution in [0.2, 0.25) is 5.04 Å². The van der Waals surface area contributed by atoms with Gasteiger partial charge in [0.05, 0.1) is 24.0 Å². The van der Waals surface area contributed by atoms with Crippen LogP contribution in [0.5, 0.6) is 0 Å². The molecule has 0 N–H and O–H groups in total. The molecule has 0 heterocycles. The molecule has 0 spiro atoms. The van der Waals surface area contributed by atoms with Crippen molar-refractivity contribution in [3.8, 4) is 0 Å². The minimum Gasteiger partial charge on any atom is -0.395 e. The van der Waals surface area contributed by atoms with Crippen LogP contribution in [0.4, 0.5) is 0 Å². The molecule has 0 aromatic rings. The lowest BCUT2D eigenvalue weighted by molar-refractivity contribution is 0.180. The van der Waals surface area contributed by atoms with Gasteiger partial charge in [-0.25, -0.2) is 0 Å². The van der Waals surface area contributed by atoms with E-state index in [1.54, 1.807) is 0 Å². The first-order valence-corrected chi connectivity index (χ1v) is 7.64. The van der Waals surface area contributed by atoms with Gasteiger partial charge >= 0.3 is 9.28 Å². The van der Waals surface area contributed by atoms with Crippen molar-refractivity contribution in [2.45, 2.75) is 50.4 Å². The highest BCUT2D eigenvalue weighted by Gasteiger charge is 2.30. The molecule has 92 valence electrons. The van der Waals surface area contributed by atoms with E-state index in [1.807, 2.05) is 13.8 Å². The van der Waals surface area contributed by atoms with Crippen molar-refractivity contribution in [2.75, 3.05) is 13.2 Å². The van der Waals surface area contributed by atoms with Gasteiger partial charge in [0, 0.05) is 5.04 Å². The van der Waals surface area contributed by atoms with Crippen LogP contribution in [0.1, 0.15) is 34.6 Å². The summed E-state index contributed by atoms with van der Waals surface area (Å²) in [5.74, 6) is 0. The fourth-order valence-electron chi connectivity index (χ4n) is 0.988. The van der Waals surface area contributed by atoms with Crippen molar-refractivity contribution < 1.29 is 8.85 Å². The lowest BCUT2D eigenvalue weighted by Crippen LogP contribution is -2.36. The van der Waals surface area contributed by atoms with Gasteiger partial charge < -0.3 is 8.85 Å². The van der Waals surface area contributed by atoms with E-state index in [0.717, 1.165) is 0 Å². The Balaban J connectivity index is 4.08. The van der Waals surface area contributed by atoms with Crippen LogP contribution in [-0.2, 0) is 8.85 Å². The molecule has 15 heavy (non-hydrogen) atoms.